The number of ether oxygens (including phenoxy) is 1. The van der Waals surface area contributed by atoms with E-state index in [0.29, 0.717) is 32.4 Å². The van der Waals surface area contributed by atoms with Crippen molar-refractivity contribution in [1.29, 1.82) is 0 Å². The molecular weight excluding hydrogens is 417 g/mol. The molecule has 0 bridgehead atoms. The lowest BCUT2D eigenvalue weighted by Crippen LogP contribution is -2.29. The number of amides is 1. The molecule has 0 saturated carbocycles. The molecule has 0 aromatic heterocycles. The van der Waals surface area contributed by atoms with E-state index in [9.17, 15) is 4.79 Å². The van der Waals surface area contributed by atoms with Gasteiger partial charge in [0.25, 0.3) is 5.91 Å². The smallest absolute Gasteiger partial charge is 0.273 e. The summed E-state index contributed by atoms with van der Waals surface area (Å²) >= 11 is 12.6. The largest absolute Gasteiger partial charge is 0.398 e. The minimum absolute atomic E-state index is 0.00754. The first-order valence-corrected chi connectivity index (χ1v) is 9.32. The molecule has 2 aromatic rings. The fourth-order valence-electron chi connectivity index (χ4n) is 2.51. The van der Waals surface area contributed by atoms with Gasteiger partial charge in [0.2, 0.25) is 0 Å². The Labute approximate surface area is 179 Å². The number of benzene rings is 2. The van der Waals surface area contributed by atoms with Crippen molar-refractivity contribution >= 4 is 40.5 Å². The second-order valence-electron chi connectivity index (χ2n) is 5.69. The highest BCUT2D eigenvalue weighted by Gasteiger charge is 2.20. The number of halogens is 2. The topological polar surface area (TPSA) is 81.5 Å². The highest BCUT2D eigenvalue weighted by atomic mass is 35.5. The van der Waals surface area contributed by atoms with Crippen LogP contribution in [0, 0.1) is 0 Å². The molecule has 0 saturated heterocycles. The van der Waals surface area contributed by atoms with Gasteiger partial charge in [-0.1, -0.05) is 63.8 Å². The Hall–Kier alpha value is -2.61. The predicted molar refractivity (Wildman–Crippen MR) is 114 cm³/mol. The highest BCUT2D eigenvalue weighted by Crippen LogP contribution is 2.23. The summed E-state index contributed by atoms with van der Waals surface area (Å²) in [6.45, 7) is 0.195. The first-order chi connectivity index (χ1) is 14.0. The number of oxime groups is 2. The van der Waals surface area contributed by atoms with Crippen molar-refractivity contribution in [3.8, 4) is 0 Å². The molecule has 0 unspecified atom stereocenters. The van der Waals surface area contributed by atoms with E-state index in [1.54, 1.807) is 31.4 Å². The maximum Gasteiger partial charge on any atom is 0.273 e. The summed E-state index contributed by atoms with van der Waals surface area (Å²) in [6, 6.07) is 12.3. The van der Waals surface area contributed by atoms with E-state index in [1.165, 1.54) is 14.2 Å². The summed E-state index contributed by atoms with van der Waals surface area (Å²) in [6.07, 6.45) is 0. The van der Waals surface area contributed by atoms with Gasteiger partial charge >= 0.3 is 0 Å². The van der Waals surface area contributed by atoms with Gasteiger partial charge in [0, 0.05) is 40.9 Å². The Balaban J connectivity index is 2.34. The number of hydrogen-bond acceptors (Lipinski definition) is 6. The molecule has 1 N–H and O–H groups in total. The molecule has 0 aliphatic carbocycles. The van der Waals surface area contributed by atoms with Gasteiger partial charge in [0.15, 0.2) is 5.71 Å². The summed E-state index contributed by atoms with van der Waals surface area (Å²) < 4.78 is 5.20. The molecule has 0 heterocycles. The van der Waals surface area contributed by atoms with E-state index in [1.807, 2.05) is 18.2 Å². The monoisotopic (exact) mass is 437 g/mol. The number of carbonyl (C=O) groups excluding carboxylic acids is 1. The fourth-order valence-corrected chi connectivity index (χ4v) is 2.98. The number of nitrogens with one attached hydrogen (secondary N) is 1. The van der Waals surface area contributed by atoms with Crippen LogP contribution in [0.25, 0.3) is 0 Å². The Bertz CT molecular complexity index is 916. The summed E-state index contributed by atoms with van der Waals surface area (Å²) in [5.74, 6) is -0.421. The lowest BCUT2D eigenvalue weighted by atomic mass is 10.0. The van der Waals surface area contributed by atoms with Crippen molar-refractivity contribution < 1.29 is 19.2 Å². The Morgan fingerprint density at radius 1 is 1.00 bits per heavy atom. The first kappa shape index (κ1) is 22.7. The molecule has 0 radical (unpaired) electrons. The van der Waals surface area contributed by atoms with Crippen LogP contribution in [-0.4, -0.2) is 45.2 Å². The Kier molecular flexibility index (Phi) is 8.92. The van der Waals surface area contributed by atoms with Crippen molar-refractivity contribution in [2.45, 2.75) is 6.61 Å². The van der Waals surface area contributed by atoms with Crippen LogP contribution in [0.1, 0.15) is 16.7 Å². The molecule has 2 aromatic carbocycles. The third-order valence-electron chi connectivity index (χ3n) is 3.85. The fraction of sp³-hybridized carbons (Fsp3) is 0.250. The van der Waals surface area contributed by atoms with Gasteiger partial charge in [0.05, 0.1) is 6.61 Å². The number of methoxy groups -OCH3 is 1. The zero-order valence-corrected chi connectivity index (χ0v) is 17.8. The van der Waals surface area contributed by atoms with Crippen LogP contribution in [0.4, 0.5) is 0 Å². The zero-order chi connectivity index (χ0) is 21.2. The maximum atomic E-state index is 12.2. The van der Waals surface area contributed by atoms with E-state index < -0.39 is 5.91 Å². The van der Waals surface area contributed by atoms with Gasteiger partial charge in [-0.3, -0.25) is 4.79 Å². The average Bonchev–Trinajstić information content (AvgIpc) is 2.72. The molecule has 0 fully saturated rings. The van der Waals surface area contributed by atoms with Crippen LogP contribution >= 0.6 is 23.2 Å². The van der Waals surface area contributed by atoms with Crippen molar-refractivity contribution in [1.82, 2.24) is 5.32 Å². The van der Waals surface area contributed by atoms with Crippen molar-refractivity contribution in [3.63, 3.8) is 0 Å². The molecule has 0 atom stereocenters. The van der Waals surface area contributed by atoms with E-state index in [0.717, 1.165) is 0 Å². The van der Waals surface area contributed by atoms with Crippen molar-refractivity contribution in [2.75, 3.05) is 27.9 Å². The van der Waals surface area contributed by atoms with Crippen LogP contribution in [0.15, 0.2) is 52.8 Å². The number of likely N-dealkylation sites (N-methyl/N-ethyl adjacent to an activating group) is 1. The molecule has 0 aliphatic rings. The highest BCUT2D eigenvalue weighted by molar-refractivity contribution is 6.46. The van der Waals surface area contributed by atoms with Crippen LogP contribution in [-0.2, 0) is 25.8 Å². The van der Waals surface area contributed by atoms with Crippen molar-refractivity contribution in [3.05, 3.63) is 69.2 Å². The van der Waals surface area contributed by atoms with Crippen LogP contribution in [0.5, 0.6) is 0 Å². The minimum Gasteiger partial charge on any atom is -0.398 e. The van der Waals surface area contributed by atoms with Crippen LogP contribution in [0.2, 0.25) is 10.0 Å². The molecule has 154 valence electrons. The minimum atomic E-state index is -0.421. The number of nitrogens with zero attached hydrogens (tertiary/aromatic N) is 2. The predicted octanol–water partition coefficient (Wildman–Crippen LogP) is 3.66. The van der Waals surface area contributed by atoms with Gasteiger partial charge < -0.3 is 19.7 Å². The number of carbonyl (C=O) groups is 1. The van der Waals surface area contributed by atoms with Gasteiger partial charge in [-0.25, -0.2) is 0 Å². The molecule has 7 nitrogen and oxygen atoms in total. The van der Waals surface area contributed by atoms with E-state index in [2.05, 4.69) is 15.6 Å². The number of hydrogen-bond donors (Lipinski definition) is 1. The zero-order valence-electron chi connectivity index (χ0n) is 16.2. The van der Waals surface area contributed by atoms with Gasteiger partial charge in [-0.05, 0) is 12.1 Å². The average molecular weight is 438 g/mol. The van der Waals surface area contributed by atoms with Gasteiger partial charge in [0.1, 0.15) is 19.4 Å². The van der Waals surface area contributed by atoms with Gasteiger partial charge in [-0.15, -0.1) is 0 Å². The van der Waals surface area contributed by atoms with E-state index in [-0.39, 0.29) is 18.9 Å². The molecule has 1 amide bonds. The SMILES string of the molecule is CNC(=O)/C(=N/OC)c1cccc(Cl)c1CO/N=C(\COC)c1ccccc1Cl. The van der Waals surface area contributed by atoms with Crippen LogP contribution < -0.4 is 5.32 Å². The first-order valence-electron chi connectivity index (χ1n) is 8.57. The van der Waals surface area contributed by atoms with E-state index in [4.69, 9.17) is 37.6 Å². The van der Waals surface area contributed by atoms with Gasteiger partial charge in [-0.2, -0.15) is 0 Å². The second-order valence-corrected chi connectivity index (χ2v) is 6.51. The quantitative estimate of drug-likeness (QED) is 0.479. The third kappa shape index (κ3) is 5.93. The maximum absolute atomic E-state index is 12.2. The third-order valence-corrected chi connectivity index (χ3v) is 4.53. The van der Waals surface area contributed by atoms with Crippen molar-refractivity contribution in [2.24, 2.45) is 10.3 Å². The molecule has 29 heavy (non-hydrogen) atoms. The summed E-state index contributed by atoms with van der Waals surface area (Å²) in [4.78, 5) is 22.5. The molecule has 2 rings (SSSR count). The summed E-state index contributed by atoms with van der Waals surface area (Å²) in [7, 11) is 4.41. The number of rotatable bonds is 9. The normalized spacial score (nSPS) is 11.9. The Morgan fingerprint density at radius 3 is 2.34 bits per heavy atom. The molecular formula is C20H21Cl2N3O4. The standard InChI is InChI=1S/C20H21Cl2N3O4/c1-23-20(26)19(25-28-3)13-8-6-10-17(22)15(13)11-29-24-18(12-27-2)14-7-4-5-9-16(14)21/h4-10H,11-12H2,1-3H3,(H,23,26)/b24-18+,25-19+. The molecule has 0 aliphatic heterocycles. The van der Waals surface area contributed by atoms with Crippen LogP contribution in [0.3, 0.4) is 0 Å². The summed E-state index contributed by atoms with van der Waals surface area (Å²) in [5.41, 5.74) is 2.29. The summed E-state index contributed by atoms with van der Waals surface area (Å²) in [5, 5.41) is 11.4. The molecule has 9 heteroatoms. The van der Waals surface area contributed by atoms with E-state index >= 15 is 0 Å². The Morgan fingerprint density at radius 2 is 1.69 bits per heavy atom. The second kappa shape index (κ2) is 11.4. The molecule has 0 spiro atoms. The lowest BCUT2D eigenvalue weighted by molar-refractivity contribution is -0.114. The lowest BCUT2D eigenvalue weighted by Gasteiger charge is -2.12.